The van der Waals surface area contributed by atoms with Crippen LogP contribution in [0.25, 0.3) is 0 Å². The molecular formula is C11H13BrF3NO. The molecule has 0 aliphatic rings. The predicted octanol–water partition coefficient (Wildman–Crippen LogP) is 3.50. The van der Waals surface area contributed by atoms with Crippen LogP contribution in [-0.2, 0) is 6.54 Å². The third-order valence-electron chi connectivity index (χ3n) is 1.91. The van der Waals surface area contributed by atoms with E-state index in [1.807, 2.05) is 13.0 Å². The van der Waals surface area contributed by atoms with Crippen molar-refractivity contribution < 1.29 is 17.9 Å². The highest BCUT2D eigenvalue weighted by Gasteiger charge is 2.28. The van der Waals surface area contributed by atoms with Gasteiger partial charge in [0.25, 0.3) is 0 Å². The largest absolute Gasteiger partial charge is 0.484 e. The molecule has 2 nitrogen and oxygen atoms in total. The molecule has 1 N–H and O–H groups in total. The summed E-state index contributed by atoms with van der Waals surface area (Å²) in [6, 6.07) is 4.95. The Balaban J connectivity index is 2.68. The number of nitrogens with one attached hydrogen (secondary N) is 1. The molecule has 0 unspecified atom stereocenters. The Labute approximate surface area is 106 Å². The highest BCUT2D eigenvalue weighted by atomic mass is 79.9. The van der Waals surface area contributed by atoms with Crippen LogP contribution < -0.4 is 10.1 Å². The fraction of sp³-hybridized carbons (Fsp3) is 0.455. The number of benzene rings is 1. The van der Waals surface area contributed by atoms with E-state index in [9.17, 15) is 13.2 Å². The van der Waals surface area contributed by atoms with Gasteiger partial charge in [-0.2, -0.15) is 13.2 Å². The molecule has 0 bridgehead atoms. The van der Waals surface area contributed by atoms with Crippen molar-refractivity contribution in [1.29, 1.82) is 0 Å². The number of alkyl halides is 3. The fourth-order valence-corrected chi connectivity index (χ4v) is 1.76. The Hall–Kier alpha value is -0.750. The Morgan fingerprint density at radius 2 is 2.00 bits per heavy atom. The summed E-state index contributed by atoms with van der Waals surface area (Å²) in [6.45, 7) is 2.08. The smallest absolute Gasteiger partial charge is 0.422 e. The van der Waals surface area contributed by atoms with E-state index in [4.69, 9.17) is 0 Å². The normalized spacial score (nSPS) is 11.6. The van der Waals surface area contributed by atoms with Gasteiger partial charge >= 0.3 is 6.18 Å². The summed E-state index contributed by atoms with van der Waals surface area (Å²) < 4.78 is 41.4. The number of hydrogen-bond acceptors (Lipinski definition) is 2. The first kappa shape index (κ1) is 14.3. The molecule has 0 aliphatic carbocycles. The summed E-state index contributed by atoms with van der Waals surface area (Å²) in [4.78, 5) is 0. The molecule has 96 valence electrons. The Morgan fingerprint density at radius 1 is 1.29 bits per heavy atom. The minimum atomic E-state index is -4.32. The van der Waals surface area contributed by atoms with Crippen molar-refractivity contribution >= 4 is 15.9 Å². The molecule has 1 rings (SSSR count). The van der Waals surface area contributed by atoms with Gasteiger partial charge in [-0.05, 0) is 30.3 Å². The van der Waals surface area contributed by atoms with Gasteiger partial charge in [0.2, 0.25) is 0 Å². The molecule has 0 atom stereocenters. The standard InChI is InChI=1S/C11H13BrF3NO/c1-2-16-6-8-3-9(12)5-10(4-8)17-7-11(13,14)15/h3-5,16H,2,6-7H2,1H3. The maximum atomic E-state index is 12.0. The van der Waals surface area contributed by atoms with Gasteiger partial charge in [0, 0.05) is 11.0 Å². The second kappa shape index (κ2) is 6.26. The zero-order valence-corrected chi connectivity index (χ0v) is 10.9. The van der Waals surface area contributed by atoms with Crippen molar-refractivity contribution in [3.05, 3.63) is 28.2 Å². The fourth-order valence-electron chi connectivity index (χ4n) is 1.24. The first-order chi connectivity index (χ1) is 7.90. The van der Waals surface area contributed by atoms with Crippen molar-refractivity contribution in [1.82, 2.24) is 5.32 Å². The second-order valence-electron chi connectivity index (χ2n) is 3.48. The molecule has 0 saturated carbocycles. The van der Waals surface area contributed by atoms with E-state index in [-0.39, 0.29) is 5.75 Å². The SMILES string of the molecule is CCNCc1cc(Br)cc(OCC(F)(F)F)c1. The van der Waals surface area contributed by atoms with Gasteiger partial charge in [-0.3, -0.25) is 0 Å². The van der Waals surface area contributed by atoms with Gasteiger partial charge in [0.05, 0.1) is 0 Å². The molecule has 0 radical (unpaired) electrons. The van der Waals surface area contributed by atoms with E-state index in [1.165, 1.54) is 6.07 Å². The van der Waals surface area contributed by atoms with Crippen LogP contribution in [0.3, 0.4) is 0 Å². The summed E-state index contributed by atoms with van der Waals surface area (Å²) in [5, 5.41) is 3.09. The van der Waals surface area contributed by atoms with Crippen LogP contribution in [0.15, 0.2) is 22.7 Å². The molecular weight excluding hydrogens is 299 g/mol. The minimum Gasteiger partial charge on any atom is -0.484 e. The van der Waals surface area contributed by atoms with E-state index < -0.39 is 12.8 Å². The summed E-state index contributed by atoms with van der Waals surface area (Å²) >= 11 is 3.24. The van der Waals surface area contributed by atoms with Crippen LogP contribution in [0, 0.1) is 0 Å². The van der Waals surface area contributed by atoms with Crippen molar-refractivity contribution in [2.45, 2.75) is 19.6 Å². The molecule has 17 heavy (non-hydrogen) atoms. The van der Waals surface area contributed by atoms with Gasteiger partial charge in [-0.15, -0.1) is 0 Å². The quantitative estimate of drug-likeness (QED) is 0.898. The third kappa shape index (κ3) is 5.93. The topological polar surface area (TPSA) is 21.3 Å². The number of halogens is 4. The first-order valence-corrected chi connectivity index (χ1v) is 5.90. The maximum absolute atomic E-state index is 12.0. The van der Waals surface area contributed by atoms with Crippen LogP contribution in [0.2, 0.25) is 0 Å². The molecule has 1 aromatic rings. The van der Waals surface area contributed by atoms with Crippen molar-refractivity contribution in [2.75, 3.05) is 13.2 Å². The highest BCUT2D eigenvalue weighted by Crippen LogP contribution is 2.24. The van der Waals surface area contributed by atoms with Gasteiger partial charge in [0.1, 0.15) is 5.75 Å². The van der Waals surface area contributed by atoms with Gasteiger partial charge in [0.15, 0.2) is 6.61 Å². The first-order valence-electron chi connectivity index (χ1n) is 5.10. The van der Waals surface area contributed by atoms with Crippen LogP contribution in [-0.4, -0.2) is 19.3 Å². The van der Waals surface area contributed by atoms with Crippen LogP contribution in [0.4, 0.5) is 13.2 Å². The van der Waals surface area contributed by atoms with Crippen molar-refractivity contribution in [3.8, 4) is 5.75 Å². The van der Waals surface area contributed by atoms with E-state index in [0.717, 1.165) is 12.1 Å². The van der Waals surface area contributed by atoms with Gasteiger partial charge in [-0.25, -0.2) is 0 Å². The Morgan fingerprint density at radius 3 is 2.59 bits per heavy atom. The minimum absolute atomic E-state index is 0.213. The molecule has 0 aliphatic heterocycles. The lowest BCUT2D eigenvalue weighted by Crippen LogP contribution is -2.19. The number of ether oxygens (including phenoxy) is 1. The van der Waals surface area contributed by atoms with Crippen LogP contribution in [0.1, 0.15) is 12.5 Å². The lowest BCUT2D eigenvalue weighted by molar-refractivity contribution is -0.153. The van der Waals surface area contributed by atoms with E-state index in [2.05, 4.69) is 26.0 Å². The molecule has 0 aromatic heterocycles. The lowest BCUT2D eigenvalue weighted by Gasteiger charge is -2.11. The second-order valence-corrected chi connectivity index (χ2v) is 4.40. The number of hydrogen-bond donors (Lipinski definition) is 1. The molecule has 0 heterocycles. The average molecular weight is 312 g/mol. The zero-order chi connectivity index (χ0) is 12.9. The molecule has 1 aromatic carbocycles. The summed E-state index contributed by atoms with van der Waals surface area (Å²) in [7, 11) is 0. The Bertz CT molecular complexity index is 368. The summed E-state index contributed by atoms with van der Waals surface area (Å²) in [5.41, 5.74) is 0.874. The monoisotopic (exact) mass is 311 g/mol. The maximum Gasteiger partial charge on any atom is 0.422 e. The highest BCUT2D eigenvalue weighted by molar-refractivity contribution is 9.10. The van der Waals surface area contributed by atoms with E-state index in [1.54, 1.807) is 6.07 Å². The van der Waals surface area contributed by atoms with Crippen LogP contribution in [0.5, 0.6) is 5.75 Å². The Kier molecular flexibility index (Phi) is 5.27. The summed E-state index contributed by atoms with van der Waals surface area (Å²) in [6.07, 6.45) is -4.32. The van der Waals surface area contributed by atoms with Gasteiger partial charge < -0.3 is 10.1 Å². The molecule has 0 fully saturated rings. The molecule has 6 heteroatoms. The molecule has 0 amide bonds. The van der Waals surface area contributed by atoms with E-state index in [0.29, 0.717) is 11.0 Å². The third-order valence-corrected chi connectivity index (χ3v) is 2.37. The predicted molar refractivity (Wildman–Crippen MR) is 63.1 cm³/mol. The van der Waals surface area contributed by atoms with Crippen molar-refractivity contribution in [3.63, 3.8) is 0 Å². The average Bonchev–Trinajstić information content (AvgIpc) is 2.22. The van der Waals surface area contributed by atoms with Gasteiger partial charge in [-0.1, -0.05) is 22.9 Å². The molecule has 0 spiro atoms. The zero-order valence-electron chi connectivity index (χ0n) is 9.27. The molecule has 0 saturated heterocycles. The summed E-state index contributed by atoms with van der Waals surface area (Å²) in [5.74, 6) is 0.213. The number of rotatable bonds is 5. The van der Waals surface area contributed by atoms with Crippen molar-refractivity contribution in [2.24, 2.45) is 0 Å². The van der Waals surface area contributed by atoms with Crippen LogP contribution >= 0.6 is 15.9 Å². The lowest BCUT2D eigenvalue weighted by atomic mass is 10.2. The van der Waals surface area contributed by atoms with E-state index >= 15 is 0 Å².